The van der Waals surface area contributed by atoms with Crippen LogP contribution in [0, 0.1) is 0 Å². The standard InChI is InChI=1S/C25H32N6O3/c26-23-21-14-20(32)17-31(16-19-6-3-5-18(13-19)15-29-8-1-2-9-29)24(21)28-25(27-23)34-12-11-30-10-4-7-22(30)33/h3,5-6,13H,1-2,4,7-12,14-17H2,(H2,26,27,28). The van der Waals surface area contributed by atoms with Gasteiger partial charge in [-0.05, 0) is 43.5 Å². The molecule has 0 atom stereocenters. The van der Waals surface area contributed by atoms with Crippen molar-refractivity contribution in [2.24, 2.45) is 0 Å². The van der Waals surface area contributed by atoms with E-state index in [1.807, 2.05) is 4.90 Å². The zero-order valence-corrected chi connectivity index (χ0v) is 19.5. The Balaban J connectivity index is 1.30. The summed E-state index contributed by atoms with van der Waals surface area (Å²) in [6.45, 7) is 5.68. The maximum atomic E-state index is 12.5. The topological polar surface area (TPSA) is 105 Å². The third-order valence-corrected chi connectivity index (χ3v) is 6.77. The van der Waals surface area contributed by atoms with E-state index in [1.54, 1.807) is 4.90 Å². The molecule has 4 heterocycles. The van der Waals surface area contributed by atoms with E-state index >= 15 is 0 Å². The highest BCUT2D eigenvalue weighted by molar-refractivity contribution is 5.91. The van der Waals surface area contributed by atoms with Gasteiger partial charge in [0.2, 0.25) is 5.91 Å². The fraction of sp³-hybridized carbons (Fsp3) is 0.520. The Morgan fingerprint density at radius 1 is 0.971 bits per heavy atom. The molecule has 0 unspecified atom stereocenters. The highest BCUT2D eigenvalue weighted by atomic mass is 16.5. The molecule has 180 valence electrons. The van der Waals surface area contributed by atoms with Crippen molar-refractivity contribution >= 4 is 23.3 Å². The molecule has 2 N–H and O–H groups in total. The molecule has 5 rings (SSSR count). The second-order valence-electron chi connectivity index (χ2n) is 9.40. The minimum absolute atomic E-state index is 0.0947. The lowest BCUT2D eigenvalue weighted by molar-refractivity contribution is -0.128. The number of benzene rings is 1. The number of carbonyl (C=O) groups excluding carboxylic acids is 2. The van der Waals surface area contributed by atoms with Gasteiger partial charge in [0.1, 0.15) is 18.2 Å². The minimum Gasteiger partial charge on any atom is -0.461 e. The van der Waals surface area contributed by atoms with Crippen LogP contribution in [0.25, 0.3) is 0 Å². The van der Waals surface area contributed by atoms with Gasteiger partial charge in [0.25, 0.3) is 0 Å². The second kappa shape index (κ2) is 9.97. The van der Waals surface area contributed by atoms with Gasteiger partial charge in [-0.3, -0.25) is 14.5 Å². The average molecular weight is 465 g/mol. The number of likely N-dealkylation sites (tertiary alicyclic amines) is 2. The van der Waals surface area contributed by atoms with Crippen LogP contribution in [0.3, 0.4) is 0 Å². The number of ether oxygens (including phenoxy) is 1. The predicted octanol–water partition coefficient (Wildman–Crippen LogP) is 1.79. The molecule has 0 saturated carbocycles. The molecule has 0 spiro atoms. The Morgan fingerprint density at radius 3 is 2.53 bits per heavy atom. The number of ketones is 1. The van der Waals surface area contributed by atoms with Crippen molar-refractivity contribution in [1.82, 2.24) is 19.8 Å². The third kappa shape index (κ3) is 5.14. The van der Waals surface area contributed by atoms with Crippen molar-refractivity contribution < 1.29 is 14.3 Å². The molecule has 0 radical (unpaired) electrons. The van der Waals surface area contributed by atoms with Gasteiger partial charge in [0.15, 0.2) is 5.78 Å². The van der Waals surface area contributed by atoms with Gasteiger partial charge in [-0.1, -0.05) is 24.3 Å². The molecule has 1 aromatic heterocycles. The van der Waals surface area contributed by atoms with Gasteiger partial charge < -0.3 is 20.3 Å². The maximum absolute atomic E-state index is 12.5. The Morgan fingerprint density at radius 2 is 1.76 bits per heavy atom. The molecule has 9 nitrogen and oxygen atoms in total. The summed E-state index contributed by atoms with van der Waals surface area (Å²) >= 11 is 0. The first-order valence-electron chi connectivity index (χ1n) is 12.2. The number of fused-ring (bicyclic) bond motifs is 1. The van der Waals surface area contributed by atoms with Crippen LogP contribution >= 0.6 is 0 Å². The van der Waals surface area contributed by atoms with Crippen molar-refractivity contribution in [3.63, 3.8) is 0 Å². The first-order valence-corrected chi connectivity index (χ1v) is 12.2. The SMILES string of the molecule is Nc1nc(OCCN2CCCC2=O)nc2c1CC(=O)CN2Cc1cccc(CN2CCCC2)c1. The van der Waals surface area contributed by atoms with E-state index in [4.69, 9.17) is 10.5 Å². The Bertz CT molecular complexity index is 1070. The average Bonchev–Trinajstić information content (AvgIpc) is 3.47. The highest BCUT2D eigenvalue weighted by Gasteiger charge is 2.28. The smallest absolute Gasteiger partial charge is 0.320 e. The zero-order valence-electron chi connectivity index (χ0n) is 19.5. The van der Waals surface area contributed by atoms with Crippen LogP contribution in [0.5, 0.6) is 6.01 Å². The normalized spacial score (nSPS) is 18.6. The summed E-state index contributed by atoms with van der Waals surface area (Å²) in [5.74, 6) is 1.19. The molecule has 0 aliphatic carbocycles. The van der Waals surface area contributed by atoms with E-state index in [9.17, 15) is 9.59 Å². The lowest BCUT2D eigenvalue weighted by Gasteiger charge is -2.30. The van der Waals surface area contributed by atoms with Crippen molar-refractivity contribution in [3.05, 3.63) is 41.0 Å². The van der Waals surface area contributed by atoms with E-state index in [0.29, 0.717) is 37.5 Å². The van der Waals surface area contributed by atoms with E-state index in [1.165, 1.54) is 18.4 Å². The summed E-state index contributed by atoms with van der Waals surface area (Å²) < 4.78 is 5.77. The van der Waals surface area contributed by atoms with Gasteiger partial charge in [-0.2, -0.15) is 9.97 Å². The zero-order chi connectivity index (χ0) is 23.5. The minimum atomic E-state index is 0.0947. The number of hydrogen-bond acceptors (Lipinski definition) is 8. The van der Waals surface area contributed by atoms with Gasteiger partial charge in [0, 0.05) is 38.0 Å². The lowest BCUT2D eigenvalue weighted by Crippen LogP contribution is -2.37. The summed E-state index contributed by atoms with van der Waals surface area (Å²) in [6, 6.07) is 8.72. The molecular weight excluding hydrogens is 432 g/mol. The summed E-state index contributed by atoms with van der Waals surface area (Å²) in [6.07, 6.45) is 4.27. The Hall–Kier alpha value is -3.20. The fourth-order valence-electron chi connectivity index (χ4n) is 5.07. The number of carbonyl (C=O) groups is 2. The van der Waals surface area contributed by atoms with Crippen molar-refractivity contribution in [1.29, 1.82) is 0 Å². The summed E-state index contributed by atoms with van der Waals surface area (Å²) in [5, 5.41) is 0. The molecule has 0 bridgehead atoms. The number of nitrogens with zero attached hydrogens (tertiary/aromatic N) is 5. The molecule has 34 heavy (non-hydrogen) atoms. The van der Waals surface area contributed by atoms with Crippen LogP contribution < -0.4 is 15.4 Å². The van der Waals surface area contributed by atoms with Crippen LogP contribution in [0.15, 0.2) is 24.3 Å². The molecule has 1 aromatic carbocycles. The van der Waals surface area contributed by atoms with Crippen LogP contribution in [0.2, 0.25) is 0 Å². The monoisotopic (exact) mass is 464 g/mol. The molecule has 9 heteroatoms. The maximum Gasteiger partial charge on any atom is 0.320 e. The lowest BCUT2D eigenvalue weighted by atomic mass is 10.0. The molecule has 1 amide bonds. The number of amides is 1. The molecule has 2 aromatic rings. The number of anilines is 2. The van der Waals surface area contributed by atoms with Gasteiger partial charge in [-0.15, -0.1) is 0 Å². The fourth-order valence-corrected chi connectivity index (χ4v) is 5.07. The van der Waals surface area contributed by atoms with E-state index in [2.05, 4.69) is 39.1 Å². The van der Waals surface area contributed by atoms with Crippen molar-refractivity contribution in [2.45, 2.75) is 45.2 Å². The third-order valence-electron chi connectivity index (χ3n) is 6.77. The van der Waals surface area contributed by atoms with E-state index in [0.717, 1.165) is 38.2 Å². The number of aromatic nitrogens is 2. The number of hydrogen-bond donors (Lipinski definition) is 1. The largest absolute Gasteiger partial charge is 0.461 e. The molecule has 2 saturated heterocycles. The Kier molecular flexibility index (Phi) is 6.62. The van der Waals surface area contributed by atoms with Crippen molar-refractivity contribution in [3.8, 4) is 6.01 Å². The van der Waals surface area contributed by atoms with E-state index < -0.39 is 0 Å². The highest BCUT2D eigenvalue weighted by Crippen LogP contribution is 2.30. The first kappa shape index (κ1) is 22.6. The summed E-state index contributed by atoms with van der Waals surface area (Å²) in [7, 11) is 0. The molecule has 3 aliphatic rings. The molecular formula is C25H32N6O3. The van der Waals surface area contributed by atoms with Gasteiger partial charge in [0.05, 0.1) is 13.1 Å². The van der Waals surface area contributed by atoms with E-state index in [-0.39, 0.29) is 36.5 Å². The van der Waals surface area contributed by atoms with Gasteiger partial charge in [-0.25, -0.2) is 0 Å². The first-order chi connectivity index (χ1) is 16.5. The van der Waals surface area contributed by atoms with Crippen molar-refractivity contribution in [2.75, 3.05) is 50.0 Å². The van der Waals surface area contributed by atoms with Gasteiger partial charge >= 0.3 is 6.01 Å². The summed E-state index contributed by atoms with van der Waals surface area (Å²) in [5.41, 5.74) is 9.28. The molecule has 2 fully saturated rings. The second-order valence-corrected chi connectivity index (χ2v) is 9.40. The quantitative estimate of drug-likeness (QED) is 0.631. The number of nitrogens with two attached hydrogens (primary N) is 1. The van der Waals surface area contributed by atoms with Crippen LogP contribution in [0.1, 0.15) is 42.4 Å². The molecule has 3 aliphatic heterocycles. The predicted molar refractivity (Wildman–Crippen MR) is 128 cm³/mol. The Labute approximate surface area is 199 Å². The number of Topliss-reactive ketones (excluding diaryl/α,β-unsaturated/α-hetero) is 1. The summed E-state index contributed by atoms with van der Waals surface area (Å²) in [4.78, 5) is 39.4. The number of rotatable bonds is 8. The number of nitrogen functional groups attached to an aromatic ring is 1. The van der Waals surface area contributed by atoms with Crippen LogP contribution in [0.4, 0.5) is 11.6 Å². The van der Waals surface area contributed by atoms with Crippen LogP contribution in [-0.2, 0) is 29.1 Å². The van der Waals surface area contributed by atoms with Crippen LogP contribution in [-0.4, -0.2) is 70.8 Å².